The summed E-state index contributed by atoms with van der Waals surface area (Å²) in [7, 11) is 0. The van der Waals surface area contributed by atoms with Crippen LogP contribution in [0.2, 0.25) is 0 Å². The van der Waals surface area contributed by atoms with Crippen LogP contribution in [0.3, 0.4) is 0 Å². The molecule has 4 heterocycles. The molecule has 0 radical (unpaired) electrons. The third kappa shape index (κ3) is 3.00. The quantitative estimate of drug-likeness (QED) is 0.594. The van der Waals surface area contributed by atoms with E-state index in [1.54, 1.807) is 17.7 Å². The van der Waals surface area contributed by atoms with Crippen molar-refractivity contribution < 1.29 is 13.2 Å². The first-order chi connectivity index (χ1) is 13.0. The molecule has 0 N–H and O–H groups in total. The van der Waals surface area contributed by atoms with Crippen molar-refractivity contribution in [2.24, 2.45) is 0 Å². The van der Waals surface area contributed by atoms with E-state index in [2.05, 4.69) is 19.9 Å². The zero-order valence-corrected chi connectivity index (χ0v) is 16.1. The van der Waals surface area contributed by atoms with Crippen LogP contribution in [0.15, 0.2) is 11.7 Å². The molecule has 0 bridgehead atoms. The molecule has 1 fully saturated rings. The third-order valence-corrected chi connectivity index (χ3v) is 7.57. The molecule has 4 nitrogen and oxygen atoms in total. The number of nitrogens with zero attached hydrogens (tertiary/aromatic N) is 4. The van der Waals surface area contributed by atoms with Gasteiger partial charge >= 0.3 is 6.18 Å². The summed E-state index contributed by atoms with van der Waals surface area (Å²) in [4.78, 5) is 17.6. The van der Waals surface area contributed by atoms with Gasteiger partial charge in [-0.2, -0.15) is 13.2 Å². The van der Waals surface area contributed by atoms with E-state index in [4.69, 9.17) is 0 Å². The predicted octanol–water partition coefficient (Wildman–Crippen LogP) is 5.04. The highest BCUT2D eigenvalue weighted by molar-refractivity contribution is 7.19. The molecule has 1 unspecified atom stereocenters. The number of halogens is 3. The number of hydrogen-bond donors (Lipinski definition) is 0. The zero-order chi connectivity index (χ0) is 18.6. The Bertz CT molecular complexity index is 994. The molecule has 9 heteroatoms. The fourth-order valence-electron chi connectivity index (χ4n) is 4.13. The van der Waals surface area contributed by atoms with Gasteiger partial charge in [0.05, 0.1) is 10.4 Å². The molecule has 1 saturated heterocycles. The fraction of sp³-hybridized carbons (Fsp3) is 0.500. The minimum Gasteiger partial charge on any atom is -0.355 e. The summed E-state index contributed by atoms with van der Waals surface area (Å²) in [6.07, 6.45) is 2.36. The molecule has 1 aliphatic carbocycles. The van der Waals surface area contributed by atoms with Gasteiger partial charge in [0.15, 0.2) is 5.69 Å². The Kier molecular flexibility index (Phi) is 4.12. The van der Waals surface area contributed by atoms with Crippen LogP contribution >= 0.6 is 22.7 Å². The van der Waals surface area contributed by atoms with E-state index < -0.39 is 11.9 Å². The monoisotopic (exact) mass is 410 g/mol. The molecule has 0 aromatic carbocycles. The number of thiazole rings is 1. The van der Waals surface area contributed by atoms with Crippen molar-refractivity contribution in [3.05, 3.63) is 32.8 Å². The van der Waals surface area contributed by atoms with Gasteiger partial charge in [0.25, 0.3) is 0 Å². The lowest BCUT2D eigenvalue weighted by Crippen LogP contribution is -2.35. The van der Waals surface area contributed by atoms with Crippen molar-refractivity contribution in [1.82, 2.24) is 15.0 Å². The summed E-state index contributed by atoms with van der Waals surface area (Å²) in [6, 6.07) is 0. The number of hydrogen-bond acceptors (Lipinski definition) is 6. The van der Waals surface area contributed by atoms with Crippen molar-refractivity contribution in [2.75, 3.05) is 18.0 Å². The molecule has 27 heavy (non-hydrogen) atoms. The molecular weight excluding hydrogens is 393 g/mol. The van der Waals surface area contributed by atoms with Crippen molar-refractivity contribution in [2.45, 2.75) is 44.2 Å². The van der Waals surface area contributed by atoms with Gasteiger partial charge in [0.1, 0.15) is 17.0 Å². The topological polar surface area (TPSA) is 41.9 Å². The van der Waals surface area contributed by atoms with Gasteiger partial charge in [-0.15, -0.1) is 22.7 Å². The van der Waals surface area contributed by atoms with Crippen molar-refractivity contribution in [1.29, 1.82) is 0 Å². The Morgan fingerprint density at radius 3 is 2.85 bits per heavy atom. The van der Waals surface area contributed by atoms with Gasteiger partial charge in [0, 0.05) is 29.3 Å². The van der Waals surface area contributed by atoms with E-state index >= 15 is 0 Å². The van der Waals surface area contributed by atoms with Crippen LogP contribution in [0.4, 0.5) is 19.0 Å². The second-order valence-electron chi connectivity index (χ2n) is 7.09. The summed E-state index contributed by atoms with van der Waals surface area (Å²) in [5, 5.41) is 2.86. The summed E-state index contributed by atoms with van der Waals surface area (Å²) in [5.74, 6) is 0.952. The second kappa shape index (κ2) is 6.41. The van der Waals surface area contributed by atoms with Crippen LogP contribution in [0.25, 0.3) is 10.2 Å². The molecule has 142 valence electrons. The first-order valence-corrected chi connectivity index (χ1v) is 10.7. The molecule has 0 saturated carbocycles. The lowest BCUT2D eigenvalue weighted by molar-refractivity contribution is -0.140. The average Bonchev–Trinajstić information content (AvgIpc) is 3.36. The van der Waals surface area contributed by atoms with Crippen LogP contribution in [-0.4, -0.2) is 28.0 Å². The molecule has 3 aromatic heterocycles. The maximum atomic E-state index is 12.9. The molecule has 0 amide bonds. The van der Waals surface area contributed by atoms with Crippen LogP contribution in [0.5, 0.6) is 0 Å². The Hall–Kier alpha value is -1.74. The number of alkyl halides is 3. The highest BCUT2D eigenvalue weighted by Gasteiger charge is 2.35. The Morgan fingerprint density at radius 1 is 1.15 bits per heavy atom. The van der Waals surface area contributed by atoms with E-state index in [1.807, 2.05) is 0 Å². The van der Waals surface area contributed by atoms with Crippen molar-refractivity contribution in [3.63, 3.8) is 0 Å². The van der Waals surface area contributed by atoms with Gasteiger partial charge in [-0.3, -0.25) is 0 Å². The summed E-state index contributed by atoms with van der Waals surface area (Å²) in [6.45, 7) is 1.52. The number of piperidine rings is 1. The van der Waals surface area contributed by atoms with E-state index in [-0.39, 0.29) is 5.92 Å². The lowest BCUT2D eigenvalue weighted by Gasteiger charge is -2.33. The third-order valence-electron chi connectivity index (χ3n) is 5.36. The first kappa shape index (κ1) is 17.4. The number of anilines is 1. The van der Waals surface area contributed by atoms with Crippen LogP contribution < -0.4 is 4.90 Å². The van der Waals surface area contributed by atoms with Crippen LogP contribution in [0.1, 0.15) is 46.3 Å². The first-order valence-electron chi connectivity index (χ1n) is 9.03. The molecule has 3 aromatic rings. The summed E-state index contributed by atoms with van der Waals surface area (Å²) >= 11 is 2.87. The van der Waals surface area contributed by atoms with Gasteiger partial charge < -0.3 is 4.90 Å². The van der Waals surface area contributed by atoms with E-state index in [0.717, 1.165) is 65.0 Å². The van der Waals surface area contributed by atoms with E-state index in [0.29, 0.717) is 11.6 Å². The standard InChI is InChI=1S/C18H17F3N4S2/c19-18(20,21)13-8-26-16(24-13)10-3-2-6-25(7-10)15-14-11-4-1-5-12(11)27-17(14)23-9-22-15/h8-10H,1-7H2. The maximum Gasteiger partial charge on any atom is 0.434 e. The van der Waals surface area contributed by atoms with Crippen molar-refractivity contribution in [3.8, 4) is 0 Å². The minimum atomic E-state index is -4.38. The fourth-order valence-corrected chi connectivity index (χ4v) is 6.31. The van der Waals surface area contributed by atoms with Gasteiger partial charge in [0.2, 0.25) is 0 Å². The van der Waals surface area contributed by atoms with Crippen LogP contribution in [0, 0.1) is 0 Å². The average molecular weight is 410 g/mol. The summed E-state index contributed by atoms with van der Waals surface area (Å²) < 4.78 is 38.7. The SMILES string of the molecule is FC(F)(F)c1csc(C2CCCN(c3ncnc4sc5c(c34)CCC5)C2)n1. The van der Waals surface area contributed by atoms with Crippen LogP contribution in [-0.2, 0) is 19.0 Å². The van der Waals surface area contributed by atoms with E-state index in [1.165, 1.54) is 16.9 Å². The molecule has 1 atom stereocenters. The number of fused-ring (bicyclic) bond motifs is 3. The molecule has 1 aliphatic heterocycles. The zero-order valence-electron chi connectivity index (χ0n) is 14.4. The Labute approximate surface area is 162 Å². The van der Waals surface area contributed by atoms with E-state index in [9.17, 15) is 13.2 Å². The maximum absolute atomic E-state index is 12.9. The number of aryl methyl sites for hydroxylation is 2. The number of rotatable bonds is 2. The second-order valence-corrected chi connectivity index (χ2v) is 9.06. The molecular formula is C18H17F3N4S2. The molecule has 2 aliphatic rings. The highest BCUT2D eigenvalue weighted by atomic mass is 32.1. The normalized spacial score (nSPS) is 20.4. The van der Waals surface area contributed by atoms with Gasteiger partial charge in [-0.05, 0) is 37.7 Å². The minimum absolute atomic E-state index is 0.0107. The summed E-state index contributed by atoms with van der Waals surface area (Å²) in [5.41, 5.74) is 0.598. The van der Waals surface area contributed by atoms with Crippen molar-refractivity contribution >= 4 is 38.7 Å². The predicted molar refractivity (Wildman–Crippen MR) is 101 cm³/mol. The molecule has 5 rings (SSSR count). The smallest absolute Gasteiger partial charge is 0.355 e. The Morgan fingerprint density at radius 2 is 2.04 bits per heavy atom. The molecule has 0 spiro atoms. The Balaban J connectivity index is 1.47. The van der Waals surface area contributed by atoms with Gasteiger partial charge in [-0.25, -0.2) is 15.0 Å². The van der Waals surface area contributed by atoms with Gasteiger partial charge in [-0.1, -0.05) is 0 Å². The highest BCUT2D eigenvalue weighted by Crippen LogP contribution is 2.42. The lowest BCUT2D eigenvalue weighted by atomic mass is 9.98. The largest absolute Gasteiger partial charge is 0.434 e. The number of thiophene rings is 1. The number of aromatic nitrogens is 3.